The van der Waals surface area contributed by atoms with Crippen molar-refractivity contribution >= 4 is 29.0 Å². The summed E-state index contributed by atoms with van der Waals surface area (Å²) >= 11 is 5.27. The summed E-state index contributed by atoms with van der Waals surface area (Å²) in [5, 5.41) is 10.3. The van der Waals surface area contributed by atoms with Crippen LogP contribution in [0.2, 0.25) is 0 Å². The maximum atomic E-state index is 12.8. The normalized spacial score (nSPS) is 11.2. The van der Waals surface area contributed by atoms with Crippen molar-refractivity contribution in [3.8, 4) is 5.75 Å². The molecule has 0 saturated carbocycles. The van der Waals surface area contributed by atoms with Gasteiger partial charge in [-0.3, -0.25) is 5.32 Å². The minimum absolute atomic E-state index is 0.143. The van der Waals surface area contributed by atoms with Crippen LogP contribution in [-0.4, -0.2) is 27.0 Å². The highest BCUT2D eigenvalue weighted by Crippen LogP contribution is 2.29. The molecule has 29 heavy (non-hydrogen) atoms. The lowest BCUT2D eigenvalue weighted by molar-refractivity contribution is -0.137. The van der Waals surface area contributed by atoms with Gasteiger partial charge in [-0.2, -0.15) is 13.2 Å². The molecule has 6 nitrogen and oxygen atoms in total. The summed E-state index contributed by atoms with van der Waals surface area (Å²) in [6.07, 6.45) is -2.97. The zero-order valence-electron chi connectivity index (χ0n) is 15.6. The monoisotopic (exact) mass is 421 g/mol. The molecule has 2 N–H and O–H groups in total. The van der Waals surface area contributed by atoms with Gasteiger partial charge >= 0.3 is 6.18 Å². The van der Waals surface area contributed by atoms with Crippen molar-refractivity contribution in [3.05, 3.63) is 65.5 Å². The van der Waals surface area contributed by atoms with E-state index >= 15 is 0 Å². The molecule has 0 aliphatic carbocycles. The molecule has 0 aliphatic heterocycles. The molecule has 0 radical (unpaired) electrons. The first-order valence-corrected chi connectivity index (χ1v) is 8.93. The average Bonchev–Trinajstić information content (AvgIpc) is 3.08. The van der Waals surface area contributed by atoms with Crippen molar-refractivity contribution in [1.82, 2.24) is 14.8 Å². The van der Waals surface area contributed by atoms with Crippen molar-refractivity contribution in [2.45, 2.75) is 19.6 Å². The predicted octanol–water partition coefficient (Wildman–Crippen LogP) is 4.47. The number of aryl methyl sites for hydroxylation is 1. The van der Waals surface area contributed by atoms with E-state index in [9.17, 15) is 13.2 Å². The van der Waals surface area contributed by atoms with Gasteiger partial charge in [-0.1, -0.05) is 18.2 Å². The van der Waals surface area contributed by atoms with Gasteiger partial charge in [-0.05, 0) is 54.5 Å². The van der Waals surface area contributed by atoms with Crippen LogP contribution in [0.15, 0.2) is 48.8 Å². The van der Waals surface area contributed by atoms with Crippen molar-refractivity contribution in [1.29, 1.82) is 0 Å². The maximum Gasteiger partial charge on any atom is 0.416 e. The fourth-order valence-electron chi connectivity index (χ4n) is 2.64. The fraction of sp³-hybridized carbons (Fsp3) is 0.211. The lowest BCUT2D eigenvalue weighted by Gasteiger charge is -2.12. The molecule has 3 aromatic rings. The molecular formula is C19H18F3N5OS. The summed E-state index contributed by atoms with van der Waals surface area (Å²) in [6, 6.07) is 10.7. The number of hydrogen-bond donors (Lipinski definition) is 2. The number of anilines is 2. The number of aromatic nitrogens is 3. The van der Waals surface area contributed by atoms with Crippen LogP contribution in [0.1, 0.15) is 16.7 Å². The molecule has 0 spiro atoms. The molecule has 0 amide bonds. The second-order valence-electron chi connectivity index (χ2n) is 6.25. The highest BCUT2D eigenvalue weighted by atomic mass is 32.1. The van der Waals surface area contributed by atoms with Crippen LogP contribution in [0.4, 0.5) is 24.8 Å². The first-order valence-electron chi connectivity index (χ1n) is 8.53. The third-order valence-electron chi connectivity index (χ3n) is 3.96. The molecule has 0 bridgehead atoms. The van der Waals surface area contributed by atoms with Gasteiger partial charge in [0.1, 0.15) is 12.1 Å². The van der Waals surface area contributed by atoms with Crippen molar-refractivity contribution in [2.75, 3.05) is 17.7 Å². The molecular weight excluding hydrogens is 403 g/mol. The first kappa shape index (κ1) is 20.6. The topological polar surface area (TPSA) is 64.0 Å². The molecule has 0 fully saturated rings. The zero-order valence-corrected chi connectivity index (χ0v) is 16.4. The van der Waals surface area contributed by atoms with Crippen LogP contribution < -0.4 is 15.4 Å². The van der Waals surface area contributed by atoms with E-state index in [-0.39, 0.29) is 17.6 Å². The van der Waals surface area contributed by atoms with Crippen LogP contribution in [-0.2, 0) is 12.7 Å². The van der Waals surface area contributed by atoms with Gasteiger partial charge in [0.2, 0.25) is 5.95 Å². The van der Waals surface area contributed by atoms with Gasteiger partial charge in [0.15, 0.2) is 5.11 Å². The Morgan fingerprint density at radius 1 is 1.17 bits per heavy atom. The third-order valence-corrected chi connectivity index (χ3v) is 4.17. The van der Waals surface area contributed by atoms with E-state index in [1.807, 2.05) is 25.1 Å². The number of ether oxygens (including phenoxy) is 1. The van der Waals surface area contributed by atoms with E-state index in [2.05, 4.69) is 20.7 Å². The number of nitrogens with zero attached hydrogens (tertiary/aromatic N) is 3. The lowest BCUT2D eigenvalue weighted by Crippen LogP contribution is -2.20. The van der Waals surface area contributed by atoms with Crippen molar-refractivity contribution in [3.63, 3.8) is 0 Å². The number of alkyl halides is 3. The minimum atomic E-state index is -4.39. The SMILES string of the molecule is COc1ccc(C)cc1NC(=S)Nc1ncn(Cc2cccc(C(F)(F)F)c2)n1. The van der Waals surface area contributed by atoms with Crippen molar-refractivity contribution in [2.24, 2.45) is 0 Å². The van der Waals surface area contributed by atoms with E-state index in [0.717, 1.165) is 17.7 Å². The Bertz CT molecular complexity index is 1020. The molecule has 0 unspecified atom stereocenters. The van der Waals surface area contributed by atoms with Gasteiger partial charge in [0, 0.05) is 0 Å². The Morgan fingerprint density at radius 2 is 1.97 bits per heavy atom. The Hall–Kier alpha value is -3.14. The number of methoxy groups -OCH3 is 1. The second kappa shape index (κ2) is 8.48. The smallest absolute Gasteiger partial charge is 0.416 e. The first-order chi connectivity index (χ1) is 13.7. The Kier molecular flexibility index (Phi) is 6.02. The number of hydrogen-bond acceptors (Lipinski definition) is 4. The Labute approximate surface area is 170 Å². The summed E-state index contributed by atoms with van der Waals surface area (Å²) in [7, 11) is 1.56. The fourth-order valence-corrected chi connectivity index (χ4v) is 2.84. The van der Waals surface area contributed by atoms with Gasteiger partial charge in [-0.15, -0.1) is 5.10 Å². The van der Waals surface area contributed by atoms with Crippen LogP contribution >= 0.6 is 12.2 Å². The minimum Gasteiger partial charge on any atom is -0.495 e. The van der Waals surface area contributed by atoms with Crippen LogP contribution in [0.25, 0.3) is 0 Å². The van der Waals surface area contributed by atoms with Gasteiger partial charge in [-0.25, -0.2) is 9.67 Å². The lowest BCUT2D eigenvalue weighted by atomic mass is 10.1. The van der Waals surface area contributed by atoms with E-state index in [0.29, 0.717) is 17.0 Å². The van der Waals surface area contributed by atoms with E-state index < -0.39 is 11.7 Å². The number of thiocarbonyl (C=S) groups is 1. The molecule has 2 aromatic carbocycles. The maximum absolute atomic E-state index is 12.8. The van der Waals surface area contributed by atoms with Crippen LogP contribution in [0.3, 0.4) is 0 Å². The quantitative estimate of drug-likeness (QED) is 0.593. The Balaban J connectivity index is 1.65. The molecule has 1 heterocycles. The number of nitrogens with one attached hydrogen (secondary N) is 2. The summed E-state index contributed by atoms with van der Waals surface area (Å²) in [5.41, 5.74) is 1.47. The molecule has 0 saturated heterocycles. The van der Waals surface area contributed by atoms with Gasteiger partial charge < -0.3 is 10.1 Å². The zero-order chi connectivity index (χ0) is 21.0. The van der Waals surface area contributed by atoms with E-state index in [4.69, 9.17) is 17.0 Å². The molecule has 3 rings (SSSR count). The highest BCUT2D eigenvalue weighted by molar-refractivity contribution is 7.80. The van der Waals surface area contributed by atoms with Crippen molar-refractivity contribution < 1.29 is 17.9 Å². The number of halogens is 3. The largest absolute Gasteiger partial charge is 0.495 e. The van der Waals surface area contributed by atoms with E-state index in [1.165, 1.54) is 17.1 Å². The van der Waals surface area contributed by atoms with Gasteiger partial charge in [0.05, 0.1) is 24.9 Å². The molecule has 152 valence electrons. The molecule has 0 atom stereocenters. The standard InChI is InChI=1S/C19H18F3N5OS/c1-12-6-7-16(28-2)15(8-12)24-18(29)25-17-23-11-27(26-17)10-13-4-3-5-14(9-13)19(20,21)22/h3-9,11H,10H2,1-2H3,(H2,24,25,26,29). The number of rotatable bonds is 5. The second-order valence-corrected chi connectivity index (χ2v) is 6.66. The predicted molar refractivity (Wildman–Crippen MR) is 108 cm³/mol. The molecule has 0 aliphatic rings. The average molecular weight is 421 g/mol. The molecule has 1 aromatic heterocycles. The summed E-state index contributed by atoms with van der Waals surface area (Å²) in [5.74, 6) is 0.851. The number of benzene rings is 2. The third kappa shape index (κ3) is 5.44. The summed E-state index contributed by atoms with van der Waals surface area (Å²) in [4.78, 5) is 4.09. The molecule has 10 heteroatoms. The summed E-state index contributed by atoms with van der Waals surface area (Å²) < 4.78 is 45.2. The summed E-state index contributed by atoms with van der Waals surface area (Å²) in [6.45, 7) is 2.09. The van der Waals surface area contributed by atoms with Crippen LogP contribution in [0, 0.1) is 6.92 Å². The Morgan fingerprint density at radius 3 is 2.69 bits per heavy atom. The highest BCUT2D eigenvalue weighted by Gasteiger charge is 2.30. The van der Waals surface area contributed by atoms with Crippen LogP contribution in [0.5, 0.6) is 5.75 Å². The van der Waals surface area contributed by atoms with E-state index in [1.54, 1.807) is 13.2 Å². The van der Waals surface area contributed by atoms with Gasteiger partial charge in [0.25, 0.3) is 0 Å².